The van der Waals surface area contributed by atoms with Crippen LogP contribution < -0.4 is 11.1 Å². The molecule has 0 aliphatic rings. The molecule has 1 atom stereocenters. The second-order valence-corrected chi connectivity index (χ2v) is 5.86. The van der Waals surface area contributed by atoms with Crippen LogP contribution >= 0.6 is 11.6 Å². The molecule has 6 nitrogen and oxygen atoms in total. The Morgan fingerprint density at radius 2 is 2.12 bits per heavy atom. The maximum Gasteiger partial charge on any atom is 0.185 e. The molecule has 7 heteroatoms. The molecule has 2 aromatic rings. The van der Waals surface area contributed by atoms with Crippen molar-refractivity contribution in [3.05, 3.63) is 59.3 Å². The van der Waals surface area contributed by atoms with Crippen LogP contribution in [0.4, 0.5) is 11.5 Å². The molecule has 0 fully saturated rings. The summed E-state index contributed by atoms with van der Waals surface area (Å²) in [5.74, 6) is 0.947. The minimum absolute atomic E-state index is 0.123. The summed E-state index contributed by atoms with van der Waals surface area (Å²) in [6.45, 7) is 4.33. The number of halogens is 1. The lowest BCUT2D eigenvalue weighted by Gasteiger charge is -2.16. The highest BCUT2D eigenvalue weighted by atomic mass is 35.5. The van der Waals surface area contributed by atoms with Crippen molar-refractivity contribution >= 4 is 29.3 Å². The molecule has 3 N–H and O–H groups in total. The van der Waals surface area contributed by atoms with E-state index in [1.54, 1.807) is 12.3 Å². The summed E-state index contributed by atoms with van der Waals surface area (Å²) in [5.41, 5.74) is 7.41. The Bertz CT molecular complexity index is 734. The van der Waals surface area contributed by atoms with E-state index in [-0.39, 0.29) is 6.04 Å². The summed E-state index contributed by atoms with van der Waals surface area (Å²) in [6, 6.07) is 9.74. The van der Waals surface area contributed by atoms with Crippen molar-refractivity contribution in [1.29, 1.82) is 0 Å². The van der Waals surface area contributed by atoms with Gasteiger partial charge in [0.25, 0.3) is 0 Å². The number of hydrogen-bond acceptors (Lipinski definition) is 6. The quantitative estimate of drug-likeness (QED) is 0.552. The second kappa shape index (κ2) is 9.64. The van der Waals surface area contributed by atoms with E-state index in [0.717, 1.165) is 17.8 Å². The number of allylic oxidation sites excluding steroid dienone is 1. The molecule has 0 bridgehead atoms. The number of aryl methyl sites for hydroxylation is 1. The molecule has 0 aliphatic carbocycles. The van der Waals surface area contributed by atoms with Gasteiger partial charge in [-0.3, -0.25) is 4.99 Å². The lowest BCUT2D eigenvalue weighted by atomic mass is 10.2. The van der Waals surface area contributed by atoms with Gasteiger partial charge in [-0.2, -0.15) is 0 Å². The average molecular weight is 360 g/mol. The van der Waals surface area contributed by atoms with Gasteiger partial charge in [0.1, 0.15) is 17.2 Å². The third-order valence-corrected chi connectivity index (χ3v) is 3.84. The second-order valence-electron chi connectivity index (χ2n) is 5.49. The first-order chi connectivity index (χ1) is 12.1. The van der Waals surface area contributed by atoms with Gasteiger partial charge in [0.05, 0.1) is 18.0 Å². The molecule has 132 valence electrons. The van der Waals surface area contributed by atoms with Crippen LogP contribution in [0.5, 0.6) is 0 Å². The van der Waals surface area contributed by atoms with E-state index >= 15 is 0 Å². The van der Waals surface area contributed by atoms with Crippen LogP contribution in [-0.4, -0.2) is 28.8 Å². The lowest BCUT2D eigenvalue weighted by molar-refractivity contribution is 0.202. The highest BCUT2D eigenvalue weighted by Crippen LogP contribution is 2.21. The molecular weight excluding hydrogens is 338 g/mol. The number of benzene rings is 1. The highest BCUT2D eigenvalue weighted by Gasteiger charge is 2.09. The molecule has 0 radical (unpaired) electrons. The molecule has 0 amide bonds. The molecule has 1 aromatic heterocycles. The number of nitrogens with zero attached hydrogens (tertiary/aromatic N) is 3. The van der Waals surface area contributed by atoms with Crippen molar-refractivity contribution in [1.82, 2.24) is 9.97 Å². The zero-order chi connectivity index (χ0) is 18.1. The fourth-order valence-corrected chi connectivity index (χ4v) is 2.13. The number of para-hydroxylation sites is 1. The maximum atomic E-state index is 6.17. The Kier molecular flexibility index (Phi) is 7.22. The predicted molar refractivity (Wildman–Crippen MR) is 102 cm³/mol. The molecule has 0 spiro atoms. The summed E-state index contributed by atoms with van der Waals surface area (Å²) in [5, 5.41) is 3.77. The summed E-state index contributed by atoms with van der Waals surface area (Å²) in [6.07, 6.45) is 5.48. The number of hydrogen-bond donors (Lipinski definition) is 2. The Balaban J connectivity index is 1.74. The van der Waals surface area contributed by atoms with Gasteiger partial charge in [-0.1, -0.05) is 29.8 Å². The molecular formula is C18H22ClN5O. The SMILES string of the molecule is Cc1ncnc(NC(C)CCOC(N)=CC=Nc2ccccc2)c1Cl. The van der Waals surface area contributed by atoms with E-state index in [9.17, 15) is 0 Å². The zero-order valence-electron chi connectivity index (χ0n) is 14.3. The van der Waals surface area contributed by atoms with Gasteiger partial charge in [-0.15, -0.1) is 0 Å². The Hall–Kier alpha value is -2.60. The summed E-state index contributed by atoms with van der Waals surface area (Å²) in [7, 11) is 0. The van der Waals surface area contributed by atoms with Crippen LogP contribution in [0.3, 0.4) is 0 Å². The summed E-state index contributed by atoms with van der Waals surface area (Å²) >= 11 is 6.17. The van der Waals surface area contributed by atoms with E-state index in [0.29, 0.717) is 23.3 Å². The third kappa shape index (κ3) is 6.43. The number of rotatable bonds is 8. The topological polar surface area (TPSA) is 85.4 Å². The molecule has 2 rings (SSSR count). The van der Waals surface area contributed by atoms with Crippen LogP contribution in [-0.2, 0) is 4.74 Å². The first-order valence-corrected chi connectivity index (χ1v) is 8.35. The monoisotopic (exact) mass is 359 g/mol. The molecule has 25 heavy (non-hydrogen) atoms. The number of aliphatic imine (C=N–C) groups is 1. The van der Waals surface area contributed by atoms with Crippen molar-refractivity contribution in [3.63, 3.8) is 0 Å². The normalized spacial score (nSPS) is 13.0. The smallest absolute Gasteiger partial charge is 0.185 e. The van der Waals surface area contributed by atoms with Gasteiger partial charge in [-0.25, -0.2) is 9.97 Å². The molecule has 1 aromatic carbocycles. The minimum atomic E-state index is 0.123. The van der Waals surface area contributed by atoms with Crippen molar-refractivity contribution < 1.29 is 4.74 Å². The van der Waals surface area contributed by atoms with Crippen LogP contribution in [0.1, 0.15) is 19.0 Å². The molecule has 0 aliphatic heterocycles. The summed E-state index contributed by atoms with van der Waals surface area (Å²) < 4.78 is 5.48. The van der Waals surface area contributed by atoms with Gasteiger partial charge in [-0.05, 0) is 26.0 Å². The first kappa shape index (κ1) is 18.7. The predicted octanol–water partition coefficient (Wildman–Crippen LogP) is 3.85. The Morgan fingerprint density at radius 1 is 1.36 bits per heavy atom. The van der Waals surface area contributed by atoms with E-state index in [1.807, 2.05) is 44.2 Å². The fraction of sp³-hybridized carbons (Fsp3) is 0.278. The standard InChI is InChI=1S/C18H22ClN5O/c1-13(24-18-17(19)14(2)22-12-23-18)9-11-25-16(20)8-10-21-15-6-4-3-5-7-15/h3-8,10,12-13H,9,11,20H2,1-2H3,(H,22,23,24). The van der Waals surface area contributed by atoms with Crippen LogP contribution in [0, 0.1) is 6.92 Å². The Labute approximate surface area is 152 Å². The zero-order valence-corrected chi connectivity index (χ0v) is 15.1. The Morgan fingerprint density at radius 3 is 2.88 bits per heavy atom. The van der Waals surface area contributed by atoms with Crippen molar-refractivity contribution in [2.24, 2.45) is 10.7 Å². The van der Waals surface area contributed by atoms with Crippen molar-refractivity contribution in [2.75, 3.05) is 11.9 Å². The van der Waals surface area contributed by atoms with E-state index in [4.69, 9.17) is 22.1 Å². The molecule has 1 unspecified atom stereocenters. The minimum Gasteiger partial charge on any atom is -0.479 e. The lowest BCUT2D eigenvalue weighted by Crippen LogP contribution is -2.19. The summed E-state index contributed by atoms with van der Waals surface area (Å²) in [4.78, 5) is 12.4. The molecule has 0 saturated heterocycles. The van der Waals surface area contributed by atoms with Gasteiger partial charge < -0.3 is 15.8 Å². The van der Waals surface area contributed by atoms with Crippen molar-refractivity contribution in [3.8, 4) is 0 Å². The van der Waals surface area contributed by atoms with Gasteiger partial charge in [0.2, 0.25) is 0 Å². The van der Waals surface area contributed by atoms with E-state index in [2.05, 4.69) is 20.3 Å². The largest absolute Gasteiger partial charge is 0.479 e. The first-order valence-electron chi connectivity index (χ1n) is 7.97. The maximum absolute atomic E-state index is 6.17. The van der Waals surface area contributed by atoms with E-state index < -0.39 is 0 Å². The number of nitrogens with one attached hydrogen (secondary N) is 1. The number of aromatic nitrogens is 2. The van der Waals surface area contributed by atoms with Crippen LogP contribution in [0.25, 0.3) is 0 Å². The van der Waals surface area contributed by atoms with Crippen LogP contribution in [0.2, 0.25) is 5.02 Å². The average Bonchev–Trinajstić information content (AvgIpc) is 2.60. The number of ether oxygens (including phenoxy) is 1. The fourth-order valence-electron chi connectivity index (χ4n) is 1.98. The van der Waals surface area contributed by atoms with Crippen molar-refractivity contribution in [2.45, 2.75) is 26.3 Å². The number of anilines is 1. The van der Waals surface area contributed by atoms with Gasteiger partial charge in [0, 0.05) is 24.8 Å². The van der Waals surface area contributed by atoms with Gasteiger partial charge >= 0.3 is 0 Å². The third-order valence-electron chi connectivity index (χ3n) is 3.39. The molecule has 1 heterocycles. The van der Waals surface area contributed by atoms with E-state index in [1.165, 1.54) is 6.33 Å². The highest BCUT2D eigenvalue weighted by molar-refractivity contribution is 6.33. The van der Waals surface area contributed by atoms with Gasteiger partial charge in [0.15, 0.2) is 5.88 Å². The van der Waals surface area contributed by atoms with Crippen LogP contribution in [0.15, 0.2) is 53.6 Å². The number of nitrogens with two attached hydrogens (primary N) is 1. The molecule has 0 saturated carbocycles.